The Labute approximate surface area is 143 Å². The van der Waals surface area contributed by atoms with Crippen LogP contribution in [0.2, 0.25) is 0 Å². The van der Waals surface area contributed by atoms with Gasteiger partial charge in [-0.1, -0.05) is 12.1 Å². The van der Waals surface area contributed by atoms with E-state index in [0.717, 1.165) is 30.0 Å². The van der Waals surface area contributed by atoms with Crippen molar-refractivity contribution < 1.29 is 14.6 Å². The number of ether oxygens (including phenoxy) is 1. The van der Waals surface area contributed by atoms with Crippen LogP contribution in [0.3, 0.4) is 0 Å². The van der Waals surface area contributed by atoms with Crippen molar-refractivity contribution in [2.24, 2.45) is 23.2 Å². The standard InChI is InChI=1S/C20H27NO3/c1-24-17-4-2-16(3-5-17)18(22)19(23)21-12-20-9-13-6-14(10-20)8-15(7-13)11-20/h2-5,13-15,18,22H,6-12H2,1H3,(H,21,23). The first kappa shape index (κ1) is 15.9. The van der Waals surface area contributed by atoms with Crippen molar-refractivity contribution >= 4 is 5.91 Å². The minimum Gasteiger partial charge on any atom is -0.497 e. The normalized spacial score (nSPS) is 34.8. The first-order valence-electron chi connectivity index (χ1n) is 9.17. The predicted octanol–water partition coefficient (Wildman–Crippen LogP) is 3.06. The molecule has 4 aliphatic carbocycles. The van der Waals surface area contributed by atoms with Crippen LogP contribution in [0.4, 0.5) is 0 Å². The van der Waals surface area contributed by atoms with Crippen molar-refractivity contribution in [2.45, 2.75) is 44.6 Å². The van der Waals surface area contributed by atoms with E-state index in [4.69, 9.17) is 4.74 Å². The Morgan fingerprint density at radius 2 is 1.71 bits per heavy atom. The molecule has 130 valence electrons. The van der Waals surface area contributed by atoms with Gasteiger partial charge in [0.25, 0.3) is 5.91 Å². The van der Waals surface area contributed by atoms with Gasteiger partial charge in [0.2, 0.25) is 0 Å². The number of aliphatic hydroxyl groups is 1. The number of methoxy groups -OCH3 is 1. The predicted molar refractivity (Wildman–Crippen MR) is 91.6 cm³/mol. The minimum atomic E-state index is -1.11. The summed E-state index contributed by atoms with van der Waals surface area (Å²) >= 11 is 0. The SMILES string of the molecule is COc1ccc(C(O)C(=O)NCC23CC4CC(CC(C4)C2)C3)cc1. The summed E-state index contributed by atoms with van der Waals surface area (Å²) in [5.41, 5.74) is 0.906. The second-order valence-corrected chi connectivity index (χ2v) is 8.31. The fraction of sp³-hybridized carbons (Fsp3) is 0.650. The first-order valence-corrected chi connectivity index (χ1v) is 9.17. The molecule has 24 heavy (non-hydrogen) atoms. The third kappa shape index (κ3) is 2.92. The van der Waals surface area contributed by atoms with Gasteiger partial charge in [0.05, 0.1) is 7.11 Å². The summed E-state index contributed by atoms with van der Waals surface area (Å²) in [5.74, 6) is 3.06. The Morgan fingerprint density at radius 3 is 2.21 bits per heavy atom. The van der Waals surface area contributed by atoms with Gasteiger partial charge in [-0.3, -0.25) is 4.79 Å². The summed E-state index contributed by atoms with van der Waals surface area (Å²) in [7, 11) is 1.60. The van der Waals surface area contributed by atoms with Crippen LogP contribution >= 0.6 is 0 Å². The van der Waals surface area contributed by atoms with Gasteiger partial charge in [-0.15, -0.1) is 0 Å². The van der Waals surface area contributed by atoms with Crippen molar-refractivity contribution in [1.29, 1.82) is 0 Å². The topological polar surface area (TPSA) is 58.6 Å². The third-order valence-corrected chi connectivity index (χ3v) is 6.48. The number of benzene rings is 1. The van der Waals surface area contributed by atoms with E-state index in [1.165, 1.54) is 38.5 Å². The maximum absolute atomic E-state index is 12.4. The highest BCUT2D eigenvalue weighted by Crippen LogP contribution is 2.59. The molecular weight excluding hydrogens is 302 g/mol. The van der Waals surface area contributed by atoms with Crippen molar-refractivity contribution in [3.63, 3.8) is 0 Å². The Hall–Kier alpha value is -1.55. The van der Waals surface area contributed by atoms with Crippen LogP contribution < -0.4 is 10.1 Å². The summed E-state index contributed by atoms with van der Waals surface area (Å²) in [4.78, 5) is 12.4. The van der Waals surface area contributed by atoms with E-state index in [1.54, 1.807) is 31.4 Å². The zero-order chi connectivity index (χ0) is 16.7. The monoisotopic (exact) mass is 329 g/mol. The summed E-state index contributed by atoms with van der Waals surface area (Å²) in [6.07, 6.45) is 6.89. The lowest BCUT2D eigenvalue weighted by molar-refractivity contribution is -0.131. The number of carbonyl (C=O) groups excluding carboxylic acids is 1. The van der Waals surface area contributed by atoms with E-state index in [9.17, 15) is 9.90 Å². The second-order valence-electron chi connectivity index (χ2n) is 8.31. The van der Waals surface area contributed by atoms with Gasteiger partial charge in [-0.2, -0.15) is 0 Å². The van der Waals surface area contributed by atoms with Gasteiger partial charge >= 0.3 is 0 Å². The molecule has 0 spiro atoms. The number of hydrogen-bond donors (Lipinski definition) is 2. The number of rotatable bonds is 5. The highest BCUT2D eigenvalue weighted by Gasteiger charge is 2.50. The molecule has 2 N–H and O–H groups in total. The number of nitrogens with one attached hydrogen (secondary N) is 1. The maximum atomic E-state index is 12.4. The molecule has 1 atom stereocenters. The van der Waals surface area contributed by atoms with Crippen LogP contribution in [0.1, 0.15) is 50.2 Å². The average Bonchev–Trinajstić information content (AvgIpc) is 2.58. The fourth-order valence-corrected chi connectivity index (χ4v) is 5.82. The molecule has 0 saturated heterocycles. The maximum Gasteiger partial charge on any atom is 0.253 e. The van der Waals surface area contributed by atoms with Crippen molar-refractivity contribution in [3.8, 4) is 5.75 Å². The quantitative estimate of drug-likeness (QED) is 0.873. The Balaban J connectivity index is 1.37. The molecular formula is C20H27NO3. The molecule has 1 amide bonds. The van der Waals surface area contributed by atoms with Crippen molar-refractivity contribution in [1.82, 2.24) is 5.32 Å². The van der Waals surface area contributed by atoms with E-state index in [1.807, 2.05) is 0 Å². The Kier molecular flexibility index (Phi) is 4.03. The van der Waals surface area contributed by atoms with Gasteiger partial charge < -0.3 is 15.2 Å². The molecule has 5 rings (SSSR count). The molecule has 0 heterocycles. The summed E-state index contributed by atoms with van der Waals surface area (Å²) in [5, 5.41) is 13.4. The minimum absolute atomic E-state index is 0.282. The number of carbonyl (C=O) groups is 1. The number of hydrogen-bond acceptors (Lipinski definition) is 3. The first-order chi connectivity index (χ1) is 11.6. The summed E-state index contributed by atoms with van der Waals surface area (Å²) in [6.45, 7) is 0.725. The number of amides is 1. The average molecular weight is 329 g/mol. The van der Waals surface area contributed by atoms with Crippen LogP contribution in [0.15, 0.2) is 24.3 Å². The van der Waals surface area contributed by atoms with Crippen LogP contribution in [0.5, 0.6) is 5.75 Å². The molecule has 4 nitrogen and oxygen atoms in total. The molecule has 0 aliphatic heterocycles. The smallest absolute Gasteiger partial charge is 0.253 e. The lowest BCUT2D eigenvalue weighted by Crippen LogP contribution is -2.51. The molecule has 1 aromatic carbocycles. The van der Waals surface area contributed by atoms with E-state index in [-0.39, 0.29) is 5.91 Å². The lowest BCUT2D eigenvalue weighted by Gasteiger charge is -2.57. The molecule has 4 bridgehead atoms. The summed E-state index contributed by atoms with van der Waals surface area (Å²) < 4.78 is 5.11. The van der Waals surface area contributed by atoms with Crippen LogP contribution in [0, 0.1) is 23.2 Å². The van der Waals surface area contributed by atoms with Crippen LogP contribution in [0.25, 0.3) is 0 Å². The summed E-state index contributed by atoms with van der Waals surface area (Å²) in [6, 6.07) is 7.03. The van der Waals surface area contributed by atoms with Gasteiger partial charge in [0.1, 0.15) is 5.75 Å². The molecule has 1 unspecified atom stereocenters. The van der Waals surface area contributed by atoms with Gasteiger partial charge in [0, 0.05) is 6.54 Å². The zero-order valence-corrected chi connectivity index (χ0v) is 14.3. The highest BCUT2D eigenvalue weighted by molar-refractivity contribution is 5.82. The van der Waals surface area contributed by atoms with Gasteiger partial charge in [-0.25, -0.2) is 0 Å². The molecule has 0 aromatic heterocycles. The molecule has 4 fully saturated rings. The fourth-order valence-electron chi connectivity index (χ4n) is 5.82. The molecule has 4 aliphatic rings. The van der Waals surface area contributed by atoms with Crippen molar-refractivity contribution in [3.05, 3.63) is 29.8 Å². The van der Waals surface area contributed by atoms with Crippen molar-refractivity contribution in [2.75, 3.05) is 13.7 Å². The van der Waals surface area contributed by atoms with Gasteiger partial charge in [0.15, 0.2) is 6.10 Å². The van der Waals surface area contributed by atoms with E-state index >= 15 is 0 Å². The number of aliphatic hydroxyl groups excluding tert-OH is 1. The van der Waals surface area contributed by atoms with Crippen LogP contribution in [-0.4, -0.2) is 24.7 Å². The van der Waals surface area contributed by atoms with Crippen LogP contribution in [-0.2, 0) is 4.79 Å². The van der Waals surface area contributed by atoms with Gasteiger partial charge in [-0.05, 0) is 79.4 Å². The largest absolute Gasteiger partial charge is 0.497 e. The molecule has 0 radical (unpaired) electrons. The third-order valence-electron chi connectivity index (χ3n) is 6.48. The zero-order valence-electron chi connectivity index (χ0n) is 14.3. The molecule has 4 heteroatoms. The van der Waals surface area contributed by atoms with E-state index < -0.39 is 6.10 Å². The Bertz CT molecular complexity index is 575. The van der Waals surface area contributed by atoms with E-state index in [0.29, 0.717) is 11.0 Å². The van der Waals surface area contributed by atoms with E-state index in [2.05, 4.69) is 5.32 Å². The lowest BCUT2D eigenvalue weighted by atomic mass is 9.49. The molecule has 4 saturated carbocycles. The highest BCUT2D eigenvalue weighted by atomic mass is 16.5. The molecule has 1 aromatic rings. The second kappa shape index (κ2) is 6.07. The Morgan fingerprint density at radius 1 is 1.17 bits per heavy atom.